The van der Waals surface area contributed by atoms with Crippen LogP contribution in [0, 0.1) is 11.3 Å². The van der Waals surface area contributed by atoms with Crippen LogP contribution in [0.4, 0.5) is 19.0 Å². The van der Waals surface area contributed by atoms with Gasteiger partial charge in [0, 0.05) is 44.1 Å². The number of amides is 1. The lowest BCUT2D eigenvalue weighted by Crippen LogP contribution is -2.36. The second kappa shape index (κ2) is 11.9. The van der Waals surface area contributed by atoms with Gasteiger partial charge in [0.25, 0.3) is 5.89 Å². The van der Waals surface area contributed by atoms with Crippen molar-refractivity contribution in [2.45, 2.75) is 44.1 Å². The molecule has 0 radical (unpaired) electrons. The van der Waals surface area contributed by atoms with Gasteiger partial charge >= 0.3 is 23.9 Å². The predicted octanol–water partition coefficient (Wildman–Crippen LogP) is 0.989. The van der Waals surface area contributed by atoms with Crippen LogP contribution < -0.4 is 15.5 Å². The predicted molar refractivity (Wildman–Crippen MR) is 125 cm³/mol. The summed E-state index contributed by atoms with van der Waals surface area (Å²) in [6, 6.07) is 3.88. The van der Waals surface area contributed by atoms with Gasteiger partial charge in [0.05, 0.1) is 23.9 Å². The molecule has 0 saturated carbocycles. The van der Waals surface area contributed by atoms with Gasteiger partial charge in [0.15, 0.2) is 0 Å². The number of nitrogens with zero attached hydrogens (tertiary/aromatic N) is 8. The number of aromatic nitrogens is 6. The van der Waals surface area contributed by atoms with Crippen molar-refractivity contribution >= 4 is 17.7 Å². The van der Waals surface area contributed by atoms with Crippen molar-refractivity contribution in [1.82, 2.24) is 40.8 Å². The largest absolute Gasteiger partial charge is 0.490 e. The van der Waals surface area contributed by atoms with E-state index in [1.807, 2.05) is 0 Å². The fourth-order valence-corrected chi connectivity index (χ4v) is 4.15. The molecule has 14 nitrogen and oxygen atoms in total. The van der Waals surface area contributed by atoms with Gasteiger partial charge in [-0.05, 0) is 25.3 Å². The van der Waals surface area contributed by atoms with E-state index >= 15 is 0 Å². The summed E-state index contributed by atoms with van der Waals surface area (Å²) in [6.07, 6.45) is 2.79. The van der Waals surface area contributed by atoms with Gasteiger partial charge in [-0.3, -0.25) is 9.48 Å². The molecule has 17 heteroatoms. The number of pyridine rings is 1. The van der Waals surface area contributed by atoms with Gasteiger partial charge in [-0.25, -0.2) is 9.78 Å². The van der Waals surface area contributed by atoms with E-state index in [1.165, 1.54) is 6.20 Å². The zero-order chi connectivity index (χ0) is 28.0. The topological polar surface area (TPSA) is 188 Å². The number of rotatable bonds is 6. The van der Waals surface area contributed by atoms with E-state index in [4.69, 9.17) is 14.3 Å². The van der Waals surface area contributed by atoms with E-state index in [1.54, 1.807) is 23.1 Å². The summed E-state index contributed by atoms with van der Waals surface area (Å²) in [5, 5.41) is 38.5. The number of alkyl halides is 3. The van der Waals surface area contributed by atoms with E-state index < -0.39 is 18.1 Å². The summed E-state index contributed by atoms with van der Waals surface area (Å²) < 4.78 is 39.2. The van der Waals surface area contributed by atoms with E-state index in [0.717, 1.165) is 32.4 Å². The highest BCUT2D eigenvalue weighted by atomic mass is 19.4. The van der Waals surface area contributed by atoms with Crippen molar-refractivity contribution in [1.29, 1.82) is 5.26 Å². The van der Waals surface area contributed by atoms with Gasteiger partial charge in [-0.2, -0.15) is 18.4 Å². The first-order valence-electron chi connectivity index (χ1n) is 11.8. The molecule has 2 aliphatic rings. The Labute approximate surface area is 218 Å². The summed E-state index contributed by atoms with van der Waals surface area (Å²) in [7, 11) is 0. The van der Waals surface area contributed by atoms with Crippen LogP contribution >= 0.6 is 0 Å². The first-order chi connectivity index (χ1) is 18.6. The molecule has 0 unspecified atom stereocenters. The number of carbonyl (C=O) groups is 2. The molecular weight excluding hydrogens is 525 g/mol. The smallest absolute Gasteiger partial charge is 0.475 e. The summed E-state index contributed by atoms with van der Waals surface area (Å²) >= 11 is 0. The summed E-state index contributed by atoms with van der Waals surface area (Å²) in [4.78, 5) is 28.2. The number of carboxylic acid groups (broad SMARTS) is 1. The molecule has 0 aromatic carbocycles. The second-order valence-corrected chi connectivity index (χ2v) is 8.75. The van der Waals surface area contributed by atoms with Crippen molar-refractivity contribution in [2.75, 3.05) is 24.5 Å². The van der Waals surface area contributed by atoms with Gasteiger partial charge in [0.1, 0.15) is 11.9 Å². The molecule has 3 aromatic rings. The number of aliphatic carboxylic acids is 1. The Morgan fingerprint density at radius 3 is 2.67 bits per heavy atom. The second-order valence-electron chi connectivity index (χ2n) is 8.75. The van der Waals surface area contributed by atoms with Crippen molar-refractivity contribution in [3.05, 3.63) is 36.1 Å². The third-order valence-corrected chi connectivity index (χ3v) is 5.93. The lowest BCUT2D eigenvalue weighted by Gasteiger charge is -2.18. The van der Waals surface area contributed by atoms with Crippen molar-refractivity contribution in [2.24, 2.45) is 0 Å². The summed E-state index contributed by atoms with van der Waals surface area (Å²) in [5.41, 5.74) is 0.954. The molecule has 5 heterocycles. The van der Waals surface area contributed by atoms with Gasteiger partial charge < -0.3 is 25.1 Å². The maximum Gasteiger partial charge on any atom is 0.490 e. The molecule has 2 atom stereocenters. The molecule has 3 N–H and O–H groups in total. The van der Waals surface area contributed by atoms with Crippen LogP contribution in [0.3, 0.4) is 0 Å². The van der Waals surface area contributed by atoms with Crippen molar-refractivity contribution < 1.29 is 32.3 Å². The Balaban J connectivity index is 0.000000448. The highest BCUT2D eigenvalue weighted by Gasteiger charge is 2.38. The average Bonchev–Trinajstić information content (AvgIpc) is 3.72. The Bertz CT molecular complexity index is 1330. The molecule has 0 aliphatic carbocycles. The van der Waals surface area contributed by atoms with Crippen LogP contribution in [0.5, 0.6) is 0 Å². The number of hydrogen-bond acceptors (Lipinski definition) is 11. The van der Waals surface area contributed by atoms with Crippen molar-refractivity contribution in [3.63, 3.8) is 0 Å². The molecule has 0 spiro atoms. The number of hydrogen-bond donors (Lipinski definition) is 3. The maximum absolute atomic E-state index is 12.7. The molecule has 3 aromatic heterocycles. The van der Waals surface area contributed by atoms with Crippen LogP contribution in [0.1, 0.15) is 35.5 Å². The number of nitrogens with one attached hydrogen (secondary N) is 2. The normalized spacial score (nSPS) is 18.8. The van der Waals surface area contributed by atoms with E-state index in [-0.39, 0.29) is 23.9 Å². The lowest BCUT2D eigenvalue weighted by molar-refractivity contribution is -0.192. The quantitative estimate of drug-likeness (QED) is 0.397. The molecule has 2 aliphatic heterocycles. The molecular formula is C22H23F3N10O4. The minimum absolute atomic E-state index is 0.0601. The molecule has 5 rings (SSSR count). The van der Waals surface area contributed by atoms with Crippen LogP contribution in [-0.4, -0.2) is 85.1 Å². The molecule has 2 fully saturated rings. The SMILES string of the molecule is N#Cc1cnc(N2CCCC2)c(-c2nnc(C(=O)N[C@H]3CN[C@H](Cn4ccnn4)C3)o2)c1.O=C(O)C(F)(F)F. The average molecular weight is 548 g/mol. The molecule has 206 valence electrons. The zero-order valence-corrected chi connectivity index (χ0v) is 20.3. The maximum atomic E-state index is 12.7. The van der Waals surface area contributed by atoms with Gasteiger partial charge in [-0.1, -0.05) is 5.21 Å². The monoisotopic (exact) mass is 548 g/mol. The Kier molecular flexibility index (Phi) is 8.34. The number of halogens is 3. The number of carboxylic acids is 1. The Hall–Kier alpha value is -4.59. The van der Waals surface area contributed by atoms with Gasteiger partial charge in [-0.15, -0.1) is 15.3 Å². The van der Waals surface area contributed by atoms with Crippen LogP contribution in [0.25, 0.3) is 11.5 Å². The number of carbonyl (C=O) groups excluding carboxylic acids is 1. The Morgan fingerprint density at radius 2 is 2.03 bits per heavy atom. The summed E-state index contributed by atoms with van der Waals surface area (Å²) in [6.45, 7) is 3.06. The fraction of sp³-hybridized carbons (Fsp3) is 0.455. The van der Waals surface area contributed by atoms with Crippen LogP contribution in [0.2, 0.25) is 0 Å². The highest BCUT2D eigenvalue weighted by molar-refractivity contribution is 5.90. The van der Waals surface area contributed by atoms with Crippen LogP contribution in [-0.2, 0) is 11.3 Å². The minimum Gasteiger partial charge on any atom is -0.475 e. The van der Waals surface area contributed by atoms with E-state index in [0.29, 0.717) is 30.0 Å². The number of nitriles is 1. The van der Waals surface area contributed by atoms with Gasteiger partial charge in [0.2, 0.25) is 0 Å². The third kappa shape index (κ3) is 7.04. The highest BCUT2D eigenvalue weighted by Crippen LogP contribution is 2.31. The minimum atomic E-state index is -5.08. The first-order valence-corrected chi connectivity index (χ1v) is 11.8. The van der Waals surface area contributed by atoms with E-state index in [9.17, 15) is 23.2 Å². The summed E-state index contributed by atoms with van der Waals surface area (Å²) in [5.74, 6) is -2.44. The fourth-order valence-electron chi connectivity index (χ4n) is 4.15. The van der Waals surface area contributed by atoms with Crippen LogP contribution in [0.15, 0.2) is 29.1 Å². The first kappa shape index (κ1) is 27.4. The molecule has 0 bridgehead atoms. The van der Waals surface area contributed by atoms with Crippen molar-refractivity contribution in [3.8, 4) is 17.5 Å². The Morgan fingerprint density at radius 1 is 1.28 bits per heavy atom. The third-order valence-electron chi connectivity index (χ3n) is 5.93. The zero-order valence-electron chi connectivity index (χ0n) is 20.3. The molecule has 2 saturated heterocycles. The van der Waals surface area contributed by atoms with E-state index in [2.05, 4.69) is 47.1 Å². The number of anilines is 1. The molecule has 39 heavy (non-hydrogen) atoms. The lowest BCUT2D eigenvalue weighted by atomic mass is 10.1. The standard InChI is InChI=1S/C20H22N10O2.C2HF3O2/c21-9-13-7-16(17(23-10-13)29-4-1-2-5-29)19-26-27-20(32-19)18(31)25-14-8-15(22-11-14)12-30-6-3-24-28-30;3-2(4,5)1(6)7/h3,6-7,10,14-15,22H,1-2,4-5,8,11-12H2,(H,25,31);(H,6,7)/t14-,15+;/m1./s1. The molecule has 1 amide bonds.